The van der Waals surface area contributed by atoms with E-state index in [4.69, 9.17) is 11.6 Å². The number of benzene rings is 1. The lowest BCUT2D eigenvalue weighted by Gasteiger charge is -2.16. The van der Waals surface area contributed by atoms with E-state index in [0.29, 0.717) is 22.8 Å². The minimum absolute atomic E-state index is 0.347. The van der Waals surface area contributed by atoms with Crippen molar-refractivity contribution in [3.63, 3.8) is 0 Å². The lowest BCUT2D eigenvalue weighted by molar-refractivity contribution is -0.114. The number of anilines is 1. The maximum Gasteiger partial charge on any atom is 0.299 e. The van der Waals surface area contributed by atoms with Crippen molar-refractivity contribution in [1.82, 2.24) is 0 Å². The molecule has 0 N–H and O–H groups in total. The van der Waals surface area contributed by atoms with Gasteiger partial charge in [-0.2, -0.15) is 0 Å². The lowest BCUT2D eigenvalue weighted by Crippen LogP contribution is -2.29. The van der Waals surface area contributed by atoms with Crippen LogP contribution in [0.3, 0.4) is 0 Å². The summed E-state index contributed by atoms with van der Waals surface area (Å²) in [7, 11) is 0. The predicted molar refractivity (Wildman–Crippen MR) is 79.0 cm³/mol. The molecule has 1 aliphatic rings. The average Bonchev–Trinajstić information content (AvgIpc) is 2.89. The second kappa shape index (κ2) is 4.74. The van der Waals surface area contributed by atoms with Crippen LogP contribution in [0, 0.1) is 0 Å². The van der Waals surface area contributed by atoms with Gasteiger partial charge >= 0.3 is 0 Å². The van der Waals surface area contributed by atoms with E-state index in [2.05, 4.69) is 15.9 Å². The fourth-order valence-corrected chi connectivity index (χ4v) is 3.79. The van der Waals surface area contributed by atoms with E-state index < -0.39 is 11.7 Å². The van der Waals surface area contributed by atoms with E-state index in [1.165, 1.54) is 16.2 Å². The number of nitrogens with zero attached hydrogens (tertiary/aromatic N) is 1. The first-order chi connectivity index (χ1) is 9.09. The molecule has 2 heterocycles. The maximum atomic E-state index is 12.1. The number of rotatable bonds is 2. The Labute approximate surface area is 126 Å². The molecular formula is C13H7BrClNO2S. The van der Waals surface area contributed by atoms with Crippen molar-refractivity contribution in [1.29, 1.82) is 0 Å². The van der Waals surface area contributed by atoms with Crippen molar-refractivity contribution in [2.45, 2.75) is 6.54 Å². The number of carbonyl (C=O) groups excluding carboxylic acids is 2. The first-order valence-electron chi connectivity index (χ1n) is 5.46. The number of fused-ring (bicyclic) bond motifs is 1. The van der Waals surface area contributed by atoms with Crippen molar-refractivity contribution in [2.24, 2.45) is 0 Å². The van der Waals surface area contributed by atoms with E-state index >= 15 is 0 Å². The zero-order valence-corrected chi connectivity index (χ0v) is 12.7. The molecule has 0 saturated carbocycles. The monoisotopic (exact) mass is 355 g/mol. The normalized spacial score (nSPS) is 14.1. The van der Waals surface area contributed by atoms with E-state index in [1.807, 2.05) is 11.4 Å². The van der Waals surface area contributed by atoms with E-state index in [1.54, 1.807) is 18.2 Å². The molecular weight excluding hydrogens is 350 g/mol. The lowest BCUT2D eigenvalue weighted by atomic mass is 10.1. The first kappa shape index (κ1) is 12.8. The van der Waals surface area contributed by atoms with Crippen molar-refractivity contribution in [3.05, 3.63) is 49.6 Å². The van der Waals surface area contributed by atoms with Gasteiger partial charge in [0.1, 0.15) is 0 Å². The number of ketones is 1. The van der Waals surface area contributed by atoms with Gasteiger partial charge in [0.25, 0.3) is 11.7 Å². The van der Waals surface area contributed by atoms with Gasteiger partial charge in [0.2, 0.25) is 0 Å². The molecule has 1 aromatic carbocycles. The highest BCUT2D eigenvalue weighted by molar-refractivity contribution is 9.10. The molecule has 0 saturated heterocycles. The van der Waals surface area contributed by atoms with Gasteiger partial charge in [-0.05, 0) is 39.5 Å². The van der Waals surface area contributed by atoms with Crippen molar-refractivity contribution in [2.75, 3.05) is 4.90 Å². The molecule has 0 spiro atoms. The number of amides is 1. The van der Waals surface area contributed by atoms with Crippen LogP contribution in [0.1, 0.15) is 15.2 Å². The highest BCUT2D eigenvalue weighted by Crippen LogP contribution is 2.38. The topological polar surface area (TPSA) is 37.4 Å². The second-order valence-corrected chi connectivity index (χ2v) is 6.31. The third-order valence-corrected chi connectivity index (χ3v) is 5.15. The molecule has 1 aliphatic heterocycles. The highest BCUT2D eigenvalue weighted by atomic mass is 79.9. The molecule has 0 aliphatic carbocycles. The number of hydrogen-bond acceptors (Lipinski definition) is 3. The molecule has 0 fully saturated rings. The third kappa shape index (κ3) is 2.02. The molecule has 19 heavy (non-hydrogen) atoms. The van der Waals surface area contributed by atoms with Crippen LogP contribution in [-0.4, -0.2) is 11.7 Å². The minimum Gasteiger partial charge on any atom is -0.298 e. The number of Topliss-reactive ketones (excluding diaryl/α,β-unsaturated/α-hetero) is 1. The largest absolute Gasteiger partial charge is 0.299 e. The summed E-state index contributed by atoms with van der Waals surface area (Å²) in [4.78, 5) is 26.4. The second-order valence-electron chi connectivity index (χ2n) is 4.05. The standard InChI is InChI=1S/C13H7BrClNO2S/c14-8-4-5-19-10(8)6-16-11-7(12(17)13(16)18)2-1-3-9(11)15/h1-5H,6H2. The summed E-state index contributed by atoms with van der Waals surface area (Å²) < 4.78 is 0.929. The molecule has 3 rings (SSSR count). The molecule has 0 atom stereocenters. The van der Waals surface area contributed by atoms with Gasteiger partial charge in [-0.3, -0.25) is 14.5 Å². The minimum atomic E-state index is -0.525. The molecule has 1 amide bonds. The quantitative estimate of drug-likeness (QED) is 0.766. The van der Waals surface area contributed by atoms with Crippen molar-refractivity contribution >= 4 is 56.2 Å². The summed E-state index contributed by atoms with van der Waals surface area (Å²) in [6.07, 6.45) is 0. The SMILES string of the molecule is O=C1C(=O)N(Cc2sccc2Br)c2c(Cl)cccc21. The van der Waals surface area contributed by atoms with Crippen LogP contribution >= 0.6 is 38.9 Å². The summed E-state index contributed by atoms with van der Waals surface area (Å²) in [5, 5.41) is 2.35. The summed E-state index contributed by atoms with van der Waals surface area (Å²) >= 11 is 11.1. The summed E-state index contributed by atoms with van der Waals surface area (Å²) in [5.74, 6) is -1.02. The summed E-state index contributed by atoms with van der Waals surface area (Å²) in [6, 6.07) is 6.90. The molecule has 6 heteroatoms. The number of thiophene rings is 1. The number of para-hydroxylation sites is 1. The third-order valence-electron chi connectivity index (χ3n) is 2.93. The Hall–Kier alpha value is -1.17. The van der Waals surface area contributed by atoms with Gasteiger partial charge in [-0.1, -0.05) is 17.7 Å². The van der Waals surface area contributed by atoms with Crippen LogP contribution in [0.2, 0.25) is 5.02 Å². The van der Waals surface area contributed by atoms with Crippen LogP contribution in [0.15, 0.2) is 34.1 Å². The van der Waals surface area contributed by atoms with Crippen LogP contribution in [0.4, 0.5) is 5.69 Å². The maximum absolute atomic E-state index is 12.1. The van der Waals surface area contributed by atoms with E-state index in [9.17, 15) is 9.59 Å². The molecule has 96 valence electrons. The Balaban J connectivity index is 2.07. The smallest absolute Gasteiger partial charge is 0.298 e. The van der Waals surface area contributed by atoms with E-state index in [-0.39, 0.29) is 0 Å². The van der Waals surface area contributed by atoms with Crippen LogP contribution < -0.4 is 4.90 Å². The van der Waals surface area contributed by atoms with Gasteiger partial charge in [0, 0.05) is 9.35 Å². The van der Waals surface area contributed by atoms with Gasteiger partial charge in [-0.15, -0.1) is 11.3 Å². The Morgan fingerprint density at radius 3 is 2.74 bits per heavy atom. The Morgan fingerprint density at radius 1 is 1.26 bits per heavy atom. The van der Waals surface area contributed by atoms with Crippen molar-refractivity contribution < 1.29 is 9.59 Å². The first-order valence-corrected chi connectivity index (χ1v) is 7.51. The molecule has 1 aromatic heterocycles. The molecule has 0 bridgehead atoms. The summed E-state index contributed by atoms with van der Waals surface area (Å²) in [6.45, 7) is 0.347. The zero-order valence-electron chi connectivity index (χ0n) is 9.52. The number of carbonyl (C=O) groups is 2. The Morgan fingerprint density at radius 2 is 2.05 bits per heavy atom. The van der Waals surface area contributed by atoms with Gasteiger partial charge in [0.15, 0.2) is 0 Å². The number of halogens is 2. The fourth-order valence-electron chi connectivity index (χ4n) is 2.04. The fraction of sp³-hybridized carbons (Fsp3) is 0.0769. The molecule has 2 aromatic rings. The highest BCUT2D eigenvalue weighted by Gasteiger charge is 2.37. The van der Waals surface area contributed by atoms with Crippen LogP contribution in [0.5, 0.6) is 0 Å². The Kier molecular flexibility index (Phi) is 3.20. The summed E-state index contributed by atoms with van der Waals surface area (Å²) in [5.41, 5.74) is 0.893. The molecule has 0 unspecified atom stereocenters. The average molecular weight is 357 g/mol. The molecule has 0 radical (unpaired) electrons. The van der Waals surface area contributed by atoms with Crippen LogP contribution in [-0.2, 0) is 11.3 Å². The van der Waals surface area contributed by atoms with Crippen LogP contribution in [0.25, 0.3) is 0 Å². The number of hydrogen-bond donors (Lipinski definition) is 0. The van der Waals surface area contributed by atoms with Gasteiger partial charge < -0.3 is 0 Å². The molecule has 3 nitrogen and oxygen atoms in total. The zero-order chi connectivity index (χ0) is 13.6. The van der Waals surface area contributed by atoms with Crippen molar-refractivity contribution in [3.8, 4) is 0 Å². The van der Waals surface area contributed by atoms with Gasteiger partial charge in [-0.25, -0.2) is 0 Å². The van der Waals surface area contributed by atoms with Gasteiger partial charge in [0.05, 0.1) is 22.8 Å². The Bertz CT molecular complexity index is 698. The van der Waals surface area contributed by atoms with E-state index in [0.717, 1.165) is 9.35 Å². The predicted octanol–water partition coefficient (Wildman–Crippen LogP) is 3.89.